The van der Waals surface area contributed by atoms with Crippen LogP contribution in [0.15, 0.2) is 204 Å². The average Bonchev–Trinajstić information content (AvgIpc) is 3.77. The molecule has 0 saturated carbocycles. The van der Waals surface area contributed by atoms with E-state index in [1.165, 1.54) is 0 Å². The summed E-state index contributed by atoms with van der Waals surface area (Å²) >= 11 is 0. The van der Waals surface area contributed by atoms with Crippen molar-refractivity contribution in [2.75, 3.05) is 4.90 Å². The summed E-state index contributed by atoms with van der Waals surface area (Å²) in [5.41, 5.74) is 9.70. The normalized spacial score (nSPS) is 16.1. The first-order valence-corrected chi connectivity index (χ1v) is 17.1. The Morgan fingerprint density at radius 3 is 1.88 bits per heavy atom. The molecule has 8 aromatic carbocycles. The third-order valence-electron chi connectivity index (χ3n) is 10.2. The zero-order valence-corrected chi connectivity index (χ0v) is 27.5. The SMILES string of the molecule is [2H]c1c([2H])c([2H])c(C2(c3cccc4oc5ccccc5c34)c3ccccc3-c3cc(N(c4ccccc4)c4ccc(-c5ccccc5)cc4)ccc32)c([2H])c1[2H]. The molecule has 1 heterocycles. The molecule has 1 aromatic heterocycles. The predicted octanol–water partition coefficient (Wildman–Crippen LogP) is 13.1. The second kappa shape index (κ2) is 11.8. The van der Waals surface area contributed by atoms with E-state index < -0.39 is 11.5 Å². The van der Waals surface area contributed by atoms with Crippen LogP contribution in [0.1, 0.15) is 29.1 Å². The van der Waals surface area contributed by atoms with Crippen LogP contribution in [0, 0.1) is 0 Å². The Morgan fingerprint density at radius 1 is 0.451 bits per heavy atom. The van der Waals surface area contributed by atoms with E-state index in [9.17, 15) is 2.74 Å². The number of hydrogen-bond acceptors (Lipinski definition) is 2. The topological polar surface area (TPSA) is 16.4 Å². The molecule has 0 aliphatic heterocycles. The molecule has 9 aromatic rings. The van der Waals surface area contributed by atoms with Crippen LogP contribution in [0.3, 0.4) is 0 Å². The minimum absolute atomic E-state index is 0.205. The number of fused-ring (bicyclic) bond motifs is 6. The standard InChI is InChI=1S/C49H33NO/c1-4-15-34(16-5-1)35-27-29-38(30-28-35)50(37-19-8-3-9-20-37)39-31-32-44-42(33-39)40-21-10-12-23-43(40)49(44,36-17-6-2-7-18-36)45-24-14-26-47-48(45)41-22-11-13-25-46(41)51-47/h1-33H/i2D,6D,7D,17D,18D. The molecule has 0 saturated heterocycles. The fraction of sp³-hybridized carbons (Fsp3) is 0.0204. The van der Waals surface area contributed by atoms with Crippen molar-refractivity contribution in [1.29, 1.82) is 0 Å². The van der Waals surface area contributed by atoms with E-state index in [1.807, 2.05) is 97.1 Å². The Labute approximate surface area is 304 Å². The molecule has 240 valence electrons. The predicted molar refractivity (Wildman–Crippen MR) is 211 cm³/mol. The van der Waals surface area contributed by atoms with Crippen LogP contribution < -0.4 is 4.90 Å². The molecule has 2 heteroatoms. The maximum atomic E-state index is 9.50. The average molecular weight is 657 g/mol. The van der Waals surface area contributed by atoms with E-state index in [4.69, 9.17) is 8.53 Å². The number of hydrogen-bond donors (Lipinski definition) is 0. The third kappa shape index (κ3) is 4.50. The van der Waals surface area contributed by atoms with Crippen molar-refractivity contribution < 1.29 is 11.3 Å². The monoisotopic (exact) mass is 656 g/mol. The van der Waals surface area contributed by atoms with E-state index in [0.717, 1.165) is 66.8 Å². The van der Waals surface area contributed by atoms with Gasteiger partial charge >= 0.3 is 0 Å². The lowest BCUT2D eigenvalue weighted by atomic mass is 9.66. The van der Waals surface area contributed by atoms with E-state index in [2.05, 4.69) is 77.7 Å². The van der Waals surface area contributed by atoms with Crippen molar-refractivity contribution >= 4 is 39.0 Å². The Hall–Kier alpha value is -6.64. The molecule has 1 aliphatic carbocycles. The van der Waals surface area contributed by atoms with E-state index in [1.54, 1.807) is 0 Å². The Balaban J connectivity index is 1.28. The van der Waals surface area contributed by atoms with Crippen molar-refractivity contribution in [1.82, 2.24) is 0 Å². The van der Waals surface area contributed by atoms with Gasteiger partial charge < -0.3 is 9.32 Å². The van der Waals surface area contributed by atoms with Gasteiger partial charge in [-0.1, -0.05) is 152 Å². The molecular formula is C49H33NO. The third-order valence-corrected chi connectivity index (χ3v) is 10.2. The number of nitrogens with zero attached hydrogens (tertiary/aromatic N) is 1. The zero-order valence-electron chi connectivity index (χ0n) is 32.5. The van der Waals surface area contributed by atoms with Gasteiger partial charge in [0.05, 0.1) is 12.3 Å². The van der Waals surface area contributed by atoms with E-state index in [0.29, 0.717) is 11.2 Å². The van der Waals surface area contributed by atoms with Crippen molar-refractivity contribution in [3.05, 3.63) is 222 Å². The van der Waals surface area contributed by atoms with Gasteiger partial charge in [-0.3, -0.25) is 0 Å². The quantitative estimate of drug-likeness (QED) is 0.177. The number of furan rings is 1. The highest BCUT2D eigenvalue weighted by Crippen LogP contribution is 2.58. The number of para-hydroxylation sites is 2. The summed E-state index contributed by atoms with van der Waals surface area (Å²) in [6.45, 7) is 0. The van der Waals surface area contributed by atoms with Gasteiger partial charge in [0.1, 0.15) is 11.2 Å². The first kappa shape index (κ1) is 24.5. The summed E-state index contributed by atoms with van der Waals surface area (Å²) < 4.78 is 51.8. The Morgan fingerprint density at radius 2 is 1.06 bits per heavy atom. The maximum Gasteiger partial charge on any atom is 0.135 e. The van der Waals surface area contributed by atoms with Crippen LogP contribution in [0.5, 0.6) is 0 Å². The van der Waals surface area contributed by atoms with Crippen LogP contribution in [0.25, 0.3) is 44.2 Å². The molecule has 10 rings (SSSR count). The molecule has 0 amide bonds. The van der Waals surface area contributed by atoms with Crippen molar-refractivity contribution in [3.63, 3.8) is 0 Å². The summed E-state index contributed by atoms with van der Waals surface area (Å²) in [7, 11) is 0. The lowest BCUT2D eigenvalue weighted by molar-refractivity contribution is 0.667. The molecule has 1 atom stereocenters. The molecule has 0 bridgehead atoms. The summed E-state index contributed by atoms with van der Waals surface area (Å²) in [4.78, 5) is 2.23. The molecule has 0 N–H and O–H groups in total. The molecular weight excluding hydrogens is 619 g/mol. The van der Waals surface area contributed by atoms with Crippen molar-refractivity contribution in [2.24, 2.45) is 0 Å². The second-order valence-electron chi connectivity index (χ2n) is 12.9. The molecule has 0 radical (unpaired) electrons. The highest BCUT2D eigenvalue weighted by Gasteiger charge is 2.47. The Kier molecular flexibility index (Phi) is 5.64. The van der Waals surface area contributed by atoms with Crippen LogP contribution in [0.2, 0.25) is 0 Å². The lowest BCUT2D eigenvalue weighted by Crippen LogP contribution is -2.28. The van der Waals surface area contributed by atoms with Crippen LogP contribution in [-0.4, -0.2) is 0 Å². The number of rotatable bonds is 6. The minimum Gasteiger partial charge on any atom is -0.456 e. The van der Waals surface area contributed by atoms with Crippen LogP contribution in [0.4, 0.5) is 17.1 Å². The van der Waals surface area contributed by atoms with E-state index >= 15 is 0 Å². The van der Waals surface area contributed by atoms with Crippen molar-refractivity contribution in [2.45, 2.75) is 5.41 Å². The fourth-order valence-electron chi connectivity index (χ4n) is 8.09. The first-order valence-electron chi connectivity index (χ1n) is 19.6. The number of anilines is 3. The zero-order chi connectivity index (χ0) is 38.1. The van der Waals surface area contributed by atoms with Gasteiger partial charge in [0.25, 0.3) is 0 Å². The summed E-state index contributed by atoms with van der Waals surface area (Å²) in [5.74, 6) is 0. The minimum atomic E-state index is -1.31. The van der Waals surface area contributed by atoms with Gasteiger partial charge in [0.15, 0.2) is 0 Å². The molecule has 51 heavy (non-hydrogen) atoms. The van der Waals surface area contributed by atoms with Gasteiger partial charge in [0, 0.05) is 27.8 Å². The van der Waals surface area contributed by atoms with Crippen LogP contribution in [-0.2, 0) is 5.41 Å². The number of benzene rings is 8. The summed E-state index contributed by atoms with van der Waals surface area (Å²) in [5, 5.41) is 1.73. The summed E-state index contributed by atoms with van der Waals surface area (Å²) in [6, 6.07) is 55.6. The van der Waals surface area contributed by atoms with Crippen LogP contribution >= 0.6 is 0 Å². The Bertz CT molecular complexity index is 2950. The molecule has 1 unspecified atom stereocenters. The largest absolute Gasteiger partial charge is 0.456 e. The molecule has 0 fully saturated rings. The highest BCUT2D eigenvalue weighted by molar-refractivity contribution is 6.09. The van der Waals surface area contributed by atoms with Gasteiger partial charge in [-0.25, -0.2) is 0 Å². The summed E-state index contributed by atoms with van der Waals surface area (Å²) in [6.07, 6.45) is 0. The van der Waals surface area contributed by atoms with Gasteiger partial charge in [-0.05, 0) is 93.0 Å². The lowest BCUT2D eigenvalue weighted by Gasteiger charge is -2.34. The van der Waals surface area contributed by atoms with Gasteiger partial charge in [-0.15, -0.1) is 0 Å². The maximum absolute atomic E-state index is 9.50. The molecule has 1 aliphatic rings. The molecule has 0 spiro atoms. The smallest absolute Gasteiger partial charge is 0.135 e. The van der Waals surface area contributed by atoms with Gasteiger partial charge in [-0.2, -0.15) is 0 Å². The van der Waals surface area contributed by atoms with Crippen molar-refractivity contribution in [3.8, 4) is 22.3 Å². The molecule has 2 nitrogen and oxygen atoms in total. The highest BCUT2D eigenvalue weighted by atomic mass is 16.3. The fourth-order valence-corrected chi connectivity index (χ4v) is 8.09. The van der Waals surface area contributed by atoms with E-state index in [-0.39, 0.29) is 29.7 Å². The second-order valence-corrected chi connectivity index (χ2v) is 12.9. The van der Waals surface area contributed by atoms with Gasteiger partial charge in [0.2, 0.25) is 0 Å². The first-order chi connectivity index (χ1) is 27.4.